The Balaban J connectivity index is 0.000000186. The molecule has 0 radical (unpaired) electrons. The summed E-state index contributed by atoms with van der Waals surface area (Å²) in [5.74, 6) is 1.25. The highest BCUT2D eigenvalue weighted by atomic mass is 16.1. The van der Waals surface area contributed by atoms with Crippen molar-refractivity contribution >= 4 is 21.8 Å². The van der Waals surface area contributed by atoms with Crippen LogP contribution >= 0.6 is 0 Å². The maximum atomic E-state index is 13.7. The predicted molar refractivity (Wildman–Crippen MR) is 214 cm³/mol. The highest BCUT2D eigenvalue weighted by Crippen LogP contribution is 2.23. The largest absolute Gasteiger partial charge is 0.324 e. The van der Waals surface area contributed by atoms with E-state index in [9.17, 15) is 9.59 Å². The Bertz CT molecular complexity index is 2570. The van der Waals surface area contributed by atoms with E-state index in [-0.39, 0.29) is 23.7 Å². The topological polar surface area (TPSA) is 108 Å². The summed E-state index contributed by atoms with van der Waals surface area (Å²) in [5.41, 5.74) is 12.8. The van der Waals surface area contributed by atoms with Gasteiger partial charge < -0.3 is 5.73 Å². The first kappa shape index (κ1) is 34.9. The van der Waals surface area contributed by atoms with Crippen LogP contribution in [0.15, 0.2) is 167 Å². The maximum absolute atomic E-state index is 13.7. The van der Waals surface area contributed by atoms with Crippen LogP contribution in [0.1, 0.15) is 39.9 Å². The molecule has 2 aromatic heterocycles. The van der Waals surface area contributed by atoms with Gasteiger partial charge in [-0.2, -0.15) is 0 Å². The molecule has 53 heavy (non-hydrogen) atoms. The van der Waals surface area contributed by atoms with Crippen molar-refractivity contribution in [3.63, 3.8) is 0 Å². The van der Waals surface area contributed by atoms with Gasteiger partial charge in [-0.25, -0.2) is 9.97 Å². The molecule has 3 N–H and O–H groups in total. The number of para-hydroxylation sites is 2. The minimum atomic E-state index is -0.0697. The summed E-state index contributed by atoms with van der Waals surface area (Å²) in [6, 6.07) is 51.3. The fraction of sp³-hybridized carbons (Fsp3) is 0.111. The summed E-state index contributed by atoms with van der Waals surface area (Å²) < 4.78 is 3.32. The quantitative estimate of drug-likeness (QED) is 0.169. The van der Waals surface area contributed by atoms with Crippen molar-refractivity contribution in [2.24, 2.45) is 5.73 Å². The van der Waals surface area contributed by atoms with Gasteiger partial charge in [0.1, 0.15) is 11.6 Å². The summed E-state index contributed by atoms with van der Waals surface area (Å²) in [5, 5.41) is 4.97. The number of nitrogens with two attached hydrogens (primary N) is 1. The van der Waals surface area contributed by atoms with Crippen molar-refractivity contribution in [3.8, 4) is 11.4 Å². The summed E-state index contributed by atoms with van der Waals surface area (Å²) >= 11 is 0. The molecule has 0 saturated heterocycles. The second-order valence-electron chi connectivity index (χ2n) is 12.8. The minimum absolute atomic E-state index is 0.0262. The van der Waals surface area contributed by atoms with Gasteiger partial charge >= 0.3 is 0 Å². The van der Waals surface area contributed by atoms with Crippen molar-refractivity contribution in [1.82, 2.24) is 24.4 Å². The van der Waals surface area contributed by atoms with Crippen LogP contribution in [0, 0.1) is 13.8 Å². The third-order valence-corrected chi connectivity index (χ3v) is 9.29. The normalized spacial score (nSPS) is 11.1. The van der Waals surface area contributed by atoms with Gasteiger partial charge in [0, 0.05) is 0 Å². The maximum Gasteiger partial charge on any atom is 0.266 e. The van der Waals surface area contributed by atoms with Crippen LogP contribution in [0.4, 0.5) is 0 Å². The van der Waals surface area contributed by atoms with Gasteiger partial charge in [0.2, 0.25) is 0 Å². The third-order valence-electron chi connectivity index (χ3n) is 9.29. The second-order valence-corrected chi connectivity index (χ2v) is 12.8. The lowest BCUT2D eigenvalue weighted by molar-refractivity contribution is 0.576. The Morgan fingerprint density at radius 2 is 0.925 bits per heavy atom. The third kappa shape index (κ3) is 7.32. The number of nitrogens with zero attached hydrogens (tertiary/aromatic N) is 4. The van der Waals surface area contributed by atoms with Crippen molar-refractivity contribution < 1.29 is 0 Å². The van der Waals surface area contributed by atoms with E-state index >= 15 is 0 Å². The summed E-state index contributed by atoms with van der Waals surface area (Å²) in [4.78, 5) is 35.9. The zero-order valence-electron chi connectivity index (χ0n) is 29.7. The van der Waals surface area contributed by atoms with Crippen LogP contribution in [0.3, 0.4) is 0 Å². The number of hydrogen-bond acceptors (Lipinski definition) is 6. The van der Waals surface area contributed by atoms with Gasteiger partial charge in [-0.3, -0.25) is 24.0 Å². The number of aryl methyl sites for hydroxylation is 2. The molecule has 262 valence electrons. The molecule has 0 fully saturated rings. The molecule has 0 aliphatic rings. The Kier molecular flexibility index (Phi) is 10.4. The number of nitrogens with one attached hydrogen (secondary N) is 1. The predicted octanol–water partition coefficient (Wildman–Crippen LogP) is 7.73. The van der Waals surface area contributed by atoms with Crippen LogP contribution in [0.25, 0.3) is 33.2 Å². The first-order valence-corrected chi connectivity index (χ1v) is 17.6. The van der Waals surface area contributed by atoms with E-state index < -0.39 is 0 Å². The zero-order chi connectivity index (χ0) is 36.7. The monoisotopic (exact) mass is 696 g/mol. The van der Waals surface area contributed by atoms with Crippen LogP contribution in [0.2, 0.25) is 0 Å². The molecule has 0 unspecified atom stereocenters. The second kappa shape index (κ2) is 15.8. The molecular weight excluding hydrogens is 657 g/mol. The van der Waals surface area contributed by atoms with Gasteiger partial charge in [0.15, 0.2) is 0 Å². The summed E-state index contributed by atoms with van der Waals surface area (Å²) in [6.45, 7) is 4.53. The molecule has 8 nitrogen and oxygen atoms in total. The van der Waals surface area contributed by atoms with Gasteiger partial charge in [0.05, 0.1) is 52.3 Å². The summed E-state index contributed by atoms with van der Waals surface area (Å²) in [6.07, 6.45) is 0. The molecule has 0 saturated carbocycles. The Hall–Kier alpha value is -6.48. The fourth-order valence-corrected chi connectivity index (χ4v) is 6.74. The lowest BCUT2D eigenvalue weighted by Crippen LogP contribution is -2.30. The van der Waals surface area contributed by atoms with Crippen LogP contribution < -0.4 is 22.2 Å². The van der Waals surface area contributed by atoms with Gasteiger partial charge in [-0.15, -0.1) is 0 Å². The number of hydrogen-bond donors (Lipinski definition) is 2. The average Bonchev–Trinajstić information content (AvgIpc) is 3.19. The molecule has 0 spiro atoms. The Morgan fingerprint density at radius 1 is 0.528 bits per heavy atom. The molecule has 0 bridgehead atoms. The minimum Gasteiger partial charge on any atom is -0.324 e. The average molecular weight is 697 g/mol. The van der Waals surface area contributed by atoms with Gasteiger partial charge in [-0.05, 0) is 72.5 Å². The van der Waals surface area contributed by atoms with Gasteiger partial charge in [-0.1, -0.05) is 121 Å². The molecule has 0 atom stereocenters. The number of fused-ring (bicyclic) bond motifs is 2. The van der Waals surface area contributed by atoms with Crippen molar-refractivity contribution in [3.05, 3.63) is 212 Å². The highest BCUT2D eigenvalue weighted by molar-refractivity contribution is 5.82. The van der Waals surface area contributed by atoms with Crippen molar-refractivity contribution in [1.29, 1.82) is 0 Å². The summed E-state index contributed by atoms with van der Waals surface area (Å²) in [7, 11) is 0. The van der Waals surface area contributed by atoms with Crippen molar-refractivity contribution in [2.45, 2.75) is 33.0 Å². The van der Waals surface area contributed by atoms with E-state index in [1.807, 2.05) is 147 Å². The lowest BCUT2D eigenvalue weighted by Gasteiger charge is -2.21. The molecular formula is C45H40N6O2. The fourth-order valence-electron chi connectivity index (χ4n) is 6.74. The number of benzene rings is 6. The molecule has 0 amide bonds. The first-order chi connectivity index (χ1) is 25.9. The van der Waals surface area contributed by atoms with Crippen LogP contribution in [0.5, 0.6) is 0 Å². The van der Waals surface area contributed by atoms with E-state index in [0.29, 0.717) is 34.5 Å². The van der Waals surface area contributed by atoms with E-state index in [2.05, 4.69) is 34.6 Å². The molecule has 8 aromatic rings. The van der Waals surface area contributed by atoms with E-state index in [4.69, 9.17) is 10.7 Å². The SMILES string of the molecule is Cc1cccc2nc(CN)n(-c3ccccc3)c(=O)c12.Cc1cccc2nc(CNC(c3ccccc3)c3ccccc3)n(-c3ccccc3)c(=O)c12. The molecule has 8 rings (SSSR count). The Labute approximate surface area is 307 Å². The number of aromatic nitrogens is 4. The first-order valence-electron chi connectivity index (χ1n) is 17.6. The molecule has 2 heterocycles. The molecule has 0 aliphatic carbocycles. The molecule has 6 aromatic carbocycles. The molecule has 8 heteroatoms. The van der Waals surface area contributed by atoms with E-state index in [1.165, 1.54) is 0 Å². The zero-order valence-corrected chi connectivity index (χ0v) is 29.7. The van der Waals surface area contributed by atoms with Crippen molar-refractivity contribution in [2.75, 3.05) is 0 Å². The van der Waals surface area contributed by atoms with E-state index in [0.717, 1.165) is 39.1 Å². The standard InChI is InChI=1S/C29H25N3O.C16H15N3O/c1-21-12-11-19-25-27(21)29(33)32(24-17-9-4-10-18-24)26(31-25)20-30-28(22-13-5-2-6-14-22)23-15-7-3-8-16-23;1-11-6-5-9-13-15(11)16(20)19(14(10-17)18-13)12-7-3-2-4-8-12/h2-19,28,30H,20H2,1H3;2-9H,10,17H2,1H3. The molecule has 0 aliphatic heterocycles. The Morgan fingerprint density at radius 3 is 1.36 bits per heavy atom. The van der Waals surface area contributed by atoms with Crippen LogP contribution in [-0.4, -0.2) is 19.1 Å². The lowest BCUT2D eigenvalue weighted by atomic mass is 9.99. The van der Waals surface area contributed by atoms with Gasteiger partial charge in [0.25, 0.3) is 11.1 Å². The number of rotatable bonds is 8. The van der Waals surface area contributed by atoms with E-state index in [1.54, 1.807) is 9.13 Å². The smallest absolute Gasteiger partial charge is 0.266 e. The highest BCUT2D eigenvalue weighted by Gasteiger charge is 2.18. The van der Waals surface area contributed by atoms with Crippen LogP contribution in [-0.2, 0) is 13.1 Å².